The molecule has 2 aromatic rings. The number of hydrogen-bond donors (Lipinski definition) is 2. The van der Waals surface area contributed by atoms with E-state index in [1.54, 1.807) is 0 Å². The molecule has 1 heterocycles. The van der Waals surface area contributed by atoms with Crippen molar-refractivity contribution in [3.05, 3.63) is 65.7 Å². The lowest BCUT2D eigenvalue weighted by atomic mass is 10.1. The third-order valence-corrected chi connectivity index (χ3v) is 3.98. The fourth-order valence-electron chi connectivity index (χ4n) is 2.73. The third-order valence-electron chi connectivity index (χ3n) is 3.98. The first-order valence-corrected chi connectivity index (χ1v) is 8.08. The van der Waals surface area contributed by atoms with Crippen LogP contribution in [0.25, 0.3) is 0 Å². The molecule has 0 bridgehead atoms. The van der Waals surface area contributed by atoms with Crippen molar-refractivity contribution in [2.45, 2.75) is 32.0 Å². The molecule has 1 aliphatic rings. The van der Waals surface area contributed by atoms with Crippen LogP contribution in [0.2, 0.25) is 0 Å². The van der Waals surface area contributed by atoms with Crippen LogP contribution in [0.5, 0.6) is 5.75 Å². The standard InChI is InChI=1S/C19H22N2O2.ClH/c22-19(18-10-5-11-20-18)21-13-15-6-4-7-16(12-15)14-23-17-8-2-1-3-9-17;/h1-4,6-9,12,18,20H,5,10-11,13-14H2,(H,21,22);1H. The van der Waals surface area contributed by atoms with Gasteiger partial charge in [-0.1, -0.05) is 42.5 Å². The number of benzene rings is 2. The Morgan fingerprint density at radius 2 is 1.92 bits per heavy atom. The lowest BCUT2D eigenvalue weighted by Crippen LogP contribution is -2.40. The topological polar surface area (TPSA) is 50.4 Å². The van der Waals surface area contributed by atoms with Crippen LogP contribution in [-0.4, -0.2) is 18.5 Å². The van der Waals surface area contributed by atoms with Crippen LogP contribution >= 0.6 is 12.4 Å². The van der Waals surface area contributed by atoms with Gasteiger partial charge in [-0.3, -0.25) is 4.79 Å². The van der Waals surface area contributed by atoms with E-state index in [0.717, 1.165) is 36.3 Å². The molecule has 5 heteroatoms. The maximum atomic E-state index is 12.0. The molecule has 0 aliphatic carbocycles. The maximum absolute atomic E-state index is 12.0. The molecule has 128 valence electrons. The van der Waals surface area contributed by atoms with Crippen molar-refractivity contribution >= 4 is 18.3 Å². The average Bonchev–Trinajstić information content (AvgIpc) is 3.14. The molecule has 2 aromatic carbocycles. The minimum absolute atomic E-state index is 0. The summed E-state index contributed by atoms with van der Waals surface area (Å²) in [4.78, 5) is 12.0. The highest BCUT2D eigenvalue weighted by molar-refractivity contribution is 5.85. The van der Waals surface area contributed by atoms with Crippen molar-refractivity contribution < 1.29 is 9.53 Å². The van der Waals surface area contributed by atoms with Crippen LogP contribution in [0.1, 0.15) is 24.0 Å². The van der Waals surface area contributed by atoms with Crippen molar-refractivity contribution in [3.8, 4) is 5.75 Å². The summed E-state index contributed by atoms with van der Waals surface area (Å²) < 4.78 is 5.76. The molecule has 0 aromatic heterocycles. The largest absolute Gasteiger partial charge is 0.489 e. The summed E-state index contributed by atoms with van der Waals surface area (Å²) in [6.07, 6.45) is 2.00. The number of ether oxygens (including phenoxy) is 1. The summed E-state index contributed by atoms with van der Waals surface area (Å²) in [5.41, 5.74) is 2.19. The van der Waals surface area contributed by atoms with Crippen LogP contribution in [-0.2, 0) is 17.9 Å². The molecule has 1 fully saturated rings. The fraction of sp³-hybridized carbons (Fsp3) is 0.316. The molecule has 0 radical (unpaired) electrons. The molecule has 2 N–H and O–H groups in total. The van der Waals surface area contributed by atoms with E-state index in [-0.39, 0.29) is 24.4 Å². The Labute approximate surface area is 149 Å². The van der Waals surface area contributed by atoms with Gasteiger partial charge >= 0.3 is 0 Å². The van der Waals surface area contributed by atoms with Crippen molar-refractivity contribution in [3.63, 3.8) is 0 Å². The quantitative estimate of drug-likeness (QED) is 0.845. The fourth-order valence-corrected chi connectivity index (χ4v) is 2.73. The molecular formula is C19H23ClN2O2. The SMILES string of the molecule is Cl.O=C(NCc1cccc(COc2ccccc2)c1)C1CCCN1. The lowest BCUT2D eigenvalue weighted by Gasteiger charge is -2.12. The first kappa shape index (κ1) is 18.3. The van der Waals surface area contributed by atoms with E-state index >= 15 is 0 Å². The Kier molecular flexibility index (Phi) is 7.09. The molecule has 3 rings (SSSR count). The summed E-state index contributed by atoms with van der Waals surface area (Å²) in [5.74, 6) is 0.951. The molecule has 4 nitrogen and oxygen atoms in total. The average molecular weight is 347 g/mol. The molecule has 1 saturated heterocycles. The minimum Gasteiger partial charge on any atom is -0.489 e. The Morgan fingerprint density at radius 3 is 2.67 bits per heavy atom. The first-order valence-electron chi connectivity index (χ1n) is 8.08. The van der Waals surface area contributed by atoms with Crippen molar-refractivity contribution in [1.29, 1.82) is 0 Å². The summed E-state index contributed by atoms with van der Waals surface area (Å²) in [7, 11) is 0. The smallest absolute Gasteiger partial charge is 0.237 e. The van der Waals surface area contributed by atoms with Crippen LogP contribution in [0.3, 0.4) is 0 Å². The number of carbonyl (C=O) groups excluding carboxylic acids is 1. The number of amides is 1. The predicted molar refractivity (Wildman–Crippen MR) is 97.3 cm³/mol. The summed E-state index contributed by atoms with van der Waals surface area (Å²) in [6.45, 7) is 2.01. The number of halogens is 1. The maximum Gasteiger partial charge on any atom is 0.237 e. The van der Waals surface area contributed by atoms with E-state index in [0.29, 0.717) is 13.2 Å². The van der Waals surface area contributed by atoms with Gasteiger partial charge in [-0.15, -0.1) is 12.4 Å². The Hall–Kier alpha value is -2.04. The van der Waals surface area contributed by atoms with Crippen molar-refractivity contribution in [2.75, 3.05) is 6.54 Å². The highest BCUT2D eigenvalue weighted by atomic mass is 35.5. The molecule has 0 spiro atoms. The van der Waals surface area contributed by atoms with Gasteiger partial charge in [0.05, 0.1) is 6.04 Å². The van der Waals surface area contributed by atoms with E-state index in [4.69, 9.17) is 4.74 Å². The zero-order valence-electron chi connectivity index (χ0n) is 13.5. The zero-order valence-corrected chi connectivity index (χ0v) is 14.4. The molecule has 1 unspecified atom stereocenters. The summed E-state index contributed by atoms with van der Waals surface area (Å²) in [6, 6.07) is 17.9. The monoisotopic (exact) mass is 346 g/mol. The lowest BCUT2D eigenvalue weighted by molar-refractivity contribution is -0.122. The number of carbonyl (C=O) groups is 1. The number of para-hydroxylation sites is 1. The summed E-state index contributed by atoms with van der Waals surface area (Å²) in [5, 5.41) is 6.21. The van der Waals surface area contributed by atoms with Gasteiger partial charge < -0.3 is 15.4 Å². The van der Waals surface area contributed by atoms with Gasteiger partial charge in [-0.05, 0) is 42.6 Å². The highest BCUT2D eigenvalue weighted by Gasteiger charge is 2.21. The van der Waals surface area contributed by atoms with Gasteiger partial charge in [0.15, 0.2) is 0 Å². The highest BCUT2D eigenvalue weighted by Crippen LogP contribution is 2.13. The molecular weight excluding hydrogens is 324 g/mol. The van der Waals surface area contributed by atoms with Crippen LogP contribution < -0.4 is 15.4 Å². The van der Waals surface area contributed by atoms with Crippen LogP contribution in [0.15, 0.2) is 54.6 Å². The van der Waals surface area contributed by atoms with Gasteiger partial charge in [-0.25, -0.2) is 0 Å². The van der Waals surface area contributed by atoms with E-state index in [9.17, 15) is 4.79 Å². The van der Waals surface area contributed by atoms with E-state index in [2.05, 4.69) is 16.7 Å². The number of rotatable bonds is 6. The number of hydrogen-bond acceptors (Lipinski definition) is 3. The molecule has 1 amide bonds. The Balaban J connectivity index is 0.00000208. The molecule has 24 heavy (non-hydrogen) atoms. The second-order valence-corrected chi connectivity index (χ2v) is 5.79. The van der Waals surface area contributed by atoms with E-state index < -0.39 is 0 Å². The molecule has 1 atom stereocenters. The van der Waals surface area contributed by atoms with Gasteiger partial charge in [0.2, 0.25) is 5.91 Å². The van der Waals surface area contributed by atoms with E-state index in [1.165, 1.54) is 0 Å². The van der Waals surface area contributed by atoms with Gasteiger partial charge in [-0.2, -0.15) is 0 Å². The Morgan fingerprint density at radius 1 is 1.12 bits per heavy atom. The van der Waals surface area contributed by atoms with Crippen molar-refractivity contribution in [2.24, 2.45) is 0 Å². The third kappa shape index (κ3) is 5.25. The van der Waals surface area contributed by atoms with Crippen LogP contribution in [0, 0.1) is 0 Å². The first-order chi connectivity index (χ1) is 11.3. The normalized spacial score (nSPS) is 16.2. The summed E-state index contributed by atoms with van der Waals surface area (Å²) >= 11 is 0. The predicted octanol–water partition coefficient (Wildman–Crippen LogP) is 3.06. The molecule has 0 saturated carbocycles. The molecule has 1 aliphatic heterocycles. The second kappa shape index (κ2) is 9.30. The second-order valence-electron chi connectivity index (χ2n) is 5.79. The van der Waals surface area contributed by atoms with Gasteiger partial charge in [0.1, 0.15) is 12.4 Å². The minimum atomic E-state index is -0.0282. The van der Waals surface area contributed by atoms with Gasteiger partial charge in [0, 0.05) is 6.54 Å². The number of nitrogens with one attached hydrogen (secondary N) is 2. The van der Waals surface area contributed by atoms with E-state index in [1.807, 2.05) is 48.5 Å². The zero-order chi connectivity index (χ0) is 15.9. The Bertz CT molecular complexity index is 643. The van der Waals surface area contributed by atoms with Crippen LogP contribution in [0.4, 0.5) is 0 Å². The van der Waals surface area contributed by atoms with Crippen molar-refractivity contribution in [1.82, 2.24) is 10.6 Å². The van der Waals surface area contributed by atoms with Gasteiger partial charge in [0.25, 0.3) is 0 Å².